The number of alkyl carbamates (subject to hydrolysis) is 1. The van der Waals surface area contributed by atoms with Crippen LogP contribution in [0.2, 0.25) is 0 Å². The van der Waals surface area contributed by atoms with E-state index in [0.717, 1.165) is 22.3 Å². The first-order valence-corrected chi connectivity index (χ1v) is 14.3. The van der Waals surface area contributed by atoms with Crippen molar-refractivity contribution in [3.05, 3.63) is 71.8 Å². The molecule has 3 rings (SSSR count). The summed E-state index contributed by atoms with van der Waals surface area (Å²) in [5, 5.41) is 2.53. The van der Waals surface area contributed by atoms with Gasteiger partial charge in [-0.05, 0) is 35.3 Å². The van der Waals surface area contributed by atoms with Crippen molar-refractivity contribution in [1.82, 2.24) is 5.32 Å². The van der Waals surface area contributed by atoms with Crippen LogP contribution in [0.4, 0.5) is 4.79 Å². The molecule has 2 aromatic carbocycles. The first kappa shape index (κ1) is 33.7. The molecule has 0 saturated heterocycles. The lowest BCUT2D eigenvalue weighted by molar-refractivity contribution is -0.144. The Morgan fingerprint density at radius 2 is 1.28 bits per heavy atom. The number of esters is 2. The van der Waals surface area contributed by atoms with Crippen LogP contribution in [0.15, 0.2) is 60.7 Å². The van der Waals surface area contributed by atoms with E-state index in [1.54, 1.807) is 19.1 Å². The van der Waals surface area contributed by atoms with Crippen LogP contribution >= 0.6 is 0 Å². The van der Waals surface area contributed by atoms with Gasteiger partial charge in [0.15, 0.2) is 0 Å². The van der Waals surface area contributed by atoms with Crippen molar-refractivity contribution in [2.24, 2.45) is 0 Å². The number of methoxy groups -OCH3 is 1. The van der Waals surface area contributed by atoms with Crippen LogP contribution in [0.25, 0.3) is 11.1 Å². The predicted molar refractivity (Wildman–Crippen MR) is 158 cm³/mol. The van der Waals surface area contributed by atoms with Crippen LogP contribution in [0.3, 0.4) is 0 Å². The first-order valence-electron chi connectivity index (χ1n) is 14.3. The van der Waals surface area contributed by atoms with Gasteiger partial charge in [0.2, 0.25) is 0 Å². The minimum atomic E-state index is -0.861. The van der Waals surface area contributed by atoms with Gasteiger partial charge in [0.1, 0.15) is 19.3 Å². The summed E-state index contributed by atoms with van der Waals surface area (Å²) in [5.74, 6) is -0.929. The van der Waals surface area contributed by atoms with E-state index < -0.39 is 18.1 Å². The van der Waals surface area contributed by atoms with Crippen molar-refractivity contribution in [3.63, 3.8) is 0 Å². The minimum Gasteiger partial charge on any atom is -0.469 e. The number of benzene rings is 2. The number of fused-ring (bicyclic) bond motifs is 3. The summed E-state index contributed by atoms with van der Waals surface area (Å²) in [5.41, 5.74) is 4.52. The molecular formula is C32H41NO10. The second-order valence-electron chi connectivity index (χ2n) is 9.53. The molecule has 0 aromatic heterocycles. The van der Waals surface area contributed by atoms with Gasteiger partial charge in [0.05, 0.1) is 66.4 Å². The quantitative estimate of drug-likeness (QED) is 0.104. The number of ether oxygens (including phenoxy) is 7. The summed E-state index contributed by atoms with van der Waals surface area (Å²) < 4.78 is 36.6. The molecule has 1 aliphatic rings. The average Bonchev–Trinajstić information content (AvgIpc) is 3.34. The Labute approximate surface area is 252 Å². The summed E-state index contributed by atoms with van der Waals surface area (Å²) in [6, 6.07) is 15.3. The highest BCUT2D eigenvalue weighted by Gasteiger charge is 2.29. The Morgan fingerprint density at radius 1 is 0.744 bits per heavy atom. The third-order valence-corrected chi connectivity index (χ3v) is 6.53. The van der Waals surface area contributed by atoms with Crippen molar-refractivity contribution in [2.45, 2.75) is 25.3 Å². The SMILES string of the molecule is COC(=O)CCOCCOCCOCCOC/C=C/COC(=O)C(C)NC(=O)OCC1c2ccccc2-c2ccccc21. The summed E-state index contributed by atoms with van der Waals surface area (Å²) in [4.78, 5) is 35.6. The molecule has 1 N–H and O–H groups in total. The second kappa shape index (κ2) is 19.4. The van der Waals surface area contributed by atoms with Crippen molar-refractivity contribution in [3.8, 4) is 11.1 Å². The fourth-order valence-electron chi connectivity index (χ4n) is 4.34. The van der Waals surface area contributed by atoms with Crippen molar-refractivity contribution in [2.75, 3.05) is 73.2 Å². The largest absolute Gasteiger partial charge is 0.469 e. The number of hydrogen-bond donors (Lipinski definition) is 1. The maximum Gasteiger partial charge on any atom is 0.407 e. The lowest BCUT2D eigenvalue weighted by Crippen LogP contribution is -2.40. The molecule has 1 amide bonds. The van der Waals surface area contributed by atoms with Crippen LogP contribution in [0.1, 0.15) is 30.4 Å². The van der Waals surface area contributed by atoms with E-state index in [0.29, 0.717) is 52.9 Å². The second-order valence-corrected chi connectivity index (χ2v) is 9.53. The molecule has 1 aliphatic carbocycles. The van der Waals surface area contributed by atoms with Gasteiger partial charge in [-0.3, -0.25) is 4.79 Å². The highest BCUT2D eigenvalue weighted by Crippen LogP contribution is 2.44. The predicted octanol–water partition coefficient (Wildman–Crippen LogP) is 3.64. The normalized spacial score (nSPS) is 12.9. The molecule has 43 heavy (non-hydrogen) atoms. The topological polar surface area (TPSA) is 128 Å². The number of carbonyl (C=O) groups is 3. The number of nitrogens with one attached hydrogen (secondary N) is 1. The fraction of sp³-hybridized carbons (Fsp3) is 0.469. The third kappa shape index (κ3) is 11.8. The van der Waals surface area contributed by atoms with Gasteiger partial charge in [-0.1, -0.05) is 54.6 Å². The lowest BCUT2D eigenvalue weighted by atomic mass is 9.98. The van der Waals surface area contributed by atoms with Crippen molar-refractivity contribution >= 4 is 18.0 Å². The number of amides is 1. The van der Waals surface area contributed by atoms with Gasteiger partial charge in [0, 0.05) is 5.92 Å². The number of rotatable bonds is 20. The molecule has 1 unspecified atom stereocenters. The lowest BCUT2D eigenvalue weighted by Gasteiger charge is -2.16. The van der Waals surface area contributed by atoms with Crippen LogP contribution in [-0.4, -0.2) is 97.3 Å². The molecule has 0 bridgehead atoms. The molecule has 11 nitrogen and oxygen atoms in total. The van der Waals surface area contributed by atoms with Gasteiger partial charge < -0.3 is 38.5 Å². The minimum absolute atomic E-state index is 0.0547. The van der Waals surface area contributed by atoms with Crippen molar-refractivity contribution in [1.29, 1.82) is 0 Å². The maximum absolute atomic E-state index is 12.4. The van der Waals surface area contributed by atoms with E-state index in [1.807, 2.05) is 36.4 Å². The van der Waals surface area contributed by atoms with E-state index in [1.165, 1.54) is 7.11 Å². The highest BCUT2D eigenvalue weighted by atomic mass is 16.6. The number of carbonyl (C=O) groups excluding carboxylic acids is 3. The standard InChI is InChI=1S/C32H41NO10/c1-24(33-32(36)43-23-29-27-11-5-3-9-25(27)26-10-4-6-12-28(26)29)31(35)42-15-8-7-14-38-17-19-40-21-22-41-20-18-39-16-13-30(34)37-2/h3-12,24,29H,13-23H2,1-2H3,(H,33,36)/b8-7+. The molecule has 0 spiro atoms. The summed E-state index contributed by atoms with van der Waals surface area (Å²) >= 11 is 0. The summed E-state index contributed by atoms with van der Waals surface area (Å²) in [6.07, 6.45) is 2.95. The number of hydrogen-bond acceptors (Lipinski definition) is 10. The summed E-state index contributed by atoms with van der Waals surface area (Å²) in [7, 11) is 1.34. The zero-order valence-electron chi connectivity index (χ0n) is 24.8. The Balaban J connectivity index is 1.17. The Hall–Kier alpha value is -3.77. The van der Waals surface area contributed by atoms with E-state index in [-0.39, 0.29) is 31.5 Å². The average molecular weight is 600 g/mol. The summed E-state index contributed by atoms with van der Waals surface area (Å²) in [6.45, 7) is 4.91. The van der Waals surface area contributed by atoms with Crippen LogP contribution in [0.5, 0.6) is 0 Å². The van der Waals surface area contributed by atoms with E-state index >= 15 is 0 Å². The molecule has 1 atom stereocenters. The van der Waals surface area contributed by atoms with Crippen molar-refractivity contribution < 1.29 is 47.5 Å². The maximum atomic E-state index is 12.4. The molecule has 0 fully saturated rings. The third-order valence-electron chi connectivity index (χ3n) is 6.53. The monoisotopic (exact) mass is 599 g/mol. The molecule has 11 heteroatoms. The van der Waals surface area contributed by atoms with Gasteiger partial charge in [0.25, 0.3) is 0 Å². The molecule has 0 heterocycles. The Morgan fingerprint density at radius 3 is 1.88 bits per heavy atom. The molecule has 0 aliphatic heterocycles. The Bertz CT molecular complexity index is 1140. The molecule has 0 saturated carbocycles. The van der Waals surface area contributed by atoms with Gasteiger partial charge in [-0.2, -0.15) is 0 Å². The van der Waals surface area contributed by atoms with Gasteiger partial charge >= 0.3 is 18.0 Å². The van der Waals surface area contributed by atoms with E-state index in [4.69, 9.17) is 28.4 Å². The van der Waals surface area contributed by atoms with E-state index in [2.05, 4.69) is 22.2 Å². The highest BCUT2D eigenvalue weighted by molar-refractivity contribution is 5.81. The zero-order chi connectivity index (χ0) is 30.7. The zero-order valence-corrected chi connectivity index (χ0v) is 24.8. The fourth-order valence-corrected chi connectivity index (χ4v) is 4.34. The molecule has 0 radical (unpaired) electrons. The Kier molecular flexibility index (Phi) is 15.2. The van der Waals surface area contributed by atoms with Gasteiger partial charge in [-0.15, -0.1) is 0 Å². The van der Waals surface area contributed by atoms with Crippen LogP contribution < -0.4 is 5.32 Å². The van der Waals surface area contributed by atoms with E-state index in [9.17, 15) is 14.4 Å². The molecule has 2 aromatic rings. The molecule has 234 valence electrons. The first-order chi connectivity index (χ1) is 21.0. The van der Waals surface area contributed by atoms with Crippen LogP contribution in [0, 0.1) is 0 Å². The smallest absolute Gasteiger partial charge is 0.407 e. The van der Waals surface area contributed by atoms with Crippen LogP contribution in [-0.2, 0) is 42.7 Å². The molecular weight excluding hydrogens is 558 g/mol. The van der Waals surface area contributed by atoms with Gasteiger partial charge in [-0.25, -0.2) is 9.59 Å².